The molecule has 4 nitrogen and oxygen atoms in total. The SMILES string of the molecule is O=C(NC1CCCCC1)N1CCc2c(c3ccccc3n2CC2CC2)C1. The van der Waals surface area contributed by atoms with Crippen LogP contribution in [0.5, 0.6) is 0 Å². The minimum atomic E-state index is 0.140. The van der Waals surface area contributed by atoms with Gasteiger partial charge >= 0.3 is 6.03 Å². The molecule has 0 saturated heterocycles. The maximum absolute atomic E-state index is 12.8. The Hall–Kier alpha value is -1.97. The van der Waals surface area contributed by atoms with E-state index in [0.29, 0.717) is 6.04 Å². The van der Waals surface area contributed by atoms with E-state index in [4.69, 9.17) is 0 Å². The Morgan fingerprint density at radius 2 is 1.88 bits per heavy atom. The number of hydrogen-bond acceptors (Lipinski definition) is 1. The Morgan fingerprint density at radius 1 is 1.08 bits per heavy atom. The van der Waals surface area contributed by atoms with Crippen molar-refractivity contribution in [2.75, 3.05) is 6.54 Å². The summed E-state index contributed by atoms with van der Waals surface area (Å²) in [7, 11) is 0. The largest absolute Gasteiger partial charge is 0.344 e. The zero-order valence-electron chi connectivity index (χ0n) is 15.5. The van der Waals surface area contributed by atoms with Crippen molar-refractivity contribution < 1.29 is 4.79 Å². The average Bonchev–Trinajstić information content (AvgIpc) is 3.45. The van der Waals surface area contributed by atoms with Gasteiger partial charge in [-0.15, -0.1) is 0 Å². The van der Waals surface area contributed by atoms with Gasteiger partial charge in [-0.1, -0.05) is 37.5 Å². The predicted octanol–water partition coefficient (Wildman–Crippen LogP) is 4.45. The highest BCUT2D eigenvalue weighted by Gasteiger charge is 2.30. The highest BCUT2D eigenvalue weighted by molar-refractivity contribution is 5.86. The number of carbonyl (C=O) groups is 1. The fraction of sp³-hybridized carbons (Fsp3) is 0.591. The first-order valence-corrected chi connectivity index (χ1v) is 10.4. The van der Waals surface area contributed by atoms with Crippen LogP contribution in [0.1, 0.15) is 56.2 Å². The Bertz CT molecular complexity index is 814. The van der Waals surface area contributed by atoms with Gasteiger partial charge in [0.05, 0.1) is 0 Å². The summed E-state index contributed by atoms with van der Waals surface area (Å²) in [5.41, 5.74) is 4.21. The molecule has 26 heavy (non-hydrogen) atoms. The van der Waals surface area contributed by atoms with E-state index in [2.05, 4.69) is 34.1 Å². The lowest BCUT2D eigenvalue weighted by molar-refractivity contribution is 0.184. The van der Waals surface area contributed by atoms with Crippen molar-refractivity contribution in [3.05, 3.63) is 35.5 Å². The molecule has 5 rings (SSSR count). The van der Waals surface area contributed by atoms with Crippen LogP contribution in [-0.2, 0) is 19.5 Å². The first kappa shape index (κ1) is 16.2. The molecule has 0 bridgehead atoms. The summed E-state index contributed by atoms with van der Waals surface area (Å²) in [5.74, 6) is 0.863. The van der Waals surface area contributed by atoms with Crippen LogP contribution >= 0.6 is 0 Å². The number of aromatic nitrogens is 1. The summed E-state index contributed by atoms with van der Waals surface area (Å²) < 4.78 is 2.55. The van der Waals surface area contributed by atoms with E-state index in [1.165, 1.54) is 54.3 Å². The molecule has 138 valence electrons. The third kappa shape index (κ3) is 3.00. The fourth-order valence-corrected chi connectivity index (χ4v) is 4.85. The Balaban J connectivity index is 1.39. The summed E-state index contributed by atoms with van der Waals surface area (Å²) in [6.07, 6.45) is 9.84. The molecule has 1 aromatic carbocycles. The maximum Gasteiger partial charge on any atom is 0.317 e. The maximum atomic E-state index is 12.8. The number of nitrogens with zero attached hydrogens (tertiary/aromatic N) is 2. The highest BCUT2D eigenvalue weighted by atomic mass is 16.2. The molecule has 2 fully saturated rings. The number of amides is 2. The number of fused-ring (bicyclic) bond motifs is 3. The van der Waals surface area contributed by atoms with Gasteiger partial charge in [-0.3, -0.25) is 0 Å². The van der Waals surface area contributed by atoms with E-state index in [0.717, 1.165) is 44.8 Å². The molecule has 3 aliphatic rings. The lowest BCUT2D eigenvalue weighted by Gasteiger charge is -2.31. The van der Waals surface area contributed by atoms with E-state index in [9.17, 15) is 4.79 Å². The molecule has 2 aliphatic carbocycles. The molecule has 1 aliphatic heterocycles. The van der Waals surface area contributed by atoms with Crippen LogP contribution in [-0.4, -0.2) is 28.1 Å². The molecule has 0 atom stereocenters. The van der Waals surface area contributed by atoms with Gasteiger partial charge in [-0.2, -0.15) is 0 Å². The number of para-hydroxylation sites is 1. The Labute approximate surface area is 155 Å². The second-order valence-corrected chi connectivity index (χ2v) is 8.45. The molecule has 4 heteroatoms. The van der Waals surface area contributed by atoms with Crippen molar-refractivity contribution in [2.24, 2.45) is 5.92 Å². The third-order valence-electron chi connectivity index (χ3n) is 6.52. The van der Waals surface area contributed by atoms with E-state index < -0.39 is 0 Å². The first-order chi connectivity index (χ1) is 12.8. The zero-order chi connectivity index (χ0) is 17.5. The molecule has 1 N–H and O–H groups in total. The number of hydrogen-bond donors (Lipinski definition) is 1. The minimum absolute atomic E-state index is 0.140. The van der Waals surface area contributed by atoms with Crippen molar-refractivity contribution >= 4 is 16.9 Å². The summed E-state index contributed by atoms with van der Waals surface area (Å²) in [6.45, 7) is 2.75. The standard InChI is InChI=1S/C22H29N3O/c26-22(23-17-6-2-1-3-7-17)24-13-12-21-19(15-24)18-8-4-5-9-20(18)25(21)14-16-10-11-16/h4-5,8-9,16-17H,1-3,6-7,10-15H2,(H,23,26). The zero-order valence-corrected chi connectivity index (χ0v) is 15.5. The molecule has 2 saturated carbocycles. The minimum Gasteiger partial charge on any atom is -0.344 e. The number of rotatable bonds is 3. The van der Waals surface area contributed by atoms with Crippen LogP contribution in [0.3, 0.4) is 0 Å². The predicted molar refractivity (Wildman–Crippen MR) is 104 cm³/mol. The van der Waals surface area contributed by atoms with Crippen LogP contribution in [0.15, 0.2) is 24.3 Å². The molecule has 2 amide bonds. The molecular weight excluding hydrogens is 322 g/mol. The van der Waals surface area contributed by atoms with E-state index >= 15 is 0 Å². The summed E-state index contributed by atoms with van der Waals surface area (Å²) in [6, 6.07) is 9.29. The number of carbonyl (C=O) groups excluding carboxylic acids is 1. The molecular formula is C22H29N3O. The summed E-state index contributed by atoms with van der Waals surface area (Å²) in [4.78, 5) is 14.8. The number of nitrogens with one attached hydrogen (secondary N) is 1. The van der Waals surface area contributed by atoms with Crippen molar-refractivity contribution in [3.63, 3.8) is 0 Å². The van der Waals surface area contributed by atoms with Gasteiger partial charge in [-0.05, 0) is 37.7 Å². The normalized spacial score (nSPS) is 21.0. The highest BCUT2D eigenvalue weighted by Crippen LogP contribution is 2.36. The van der Waals surface area contributed by atoms with Gasteiger partial charge in [0.15, 0.2) is 0 Å². The molecule has 0 spiro atoms. The number of benzene rings is 1. The summed E-state index contributed by atoms with van der Waals surface area (Å²) in [5, 5.41) is 4.64. The van der Waals surface area contributed by atoms with Gasteiger partial charge in [0.2, 0.25) is 0 Å². The van der Waals surface area contributed by atoms with Gasteiger partial charge in [0.25, 0.3) is 0 Å². The quantitative estimate of drug-likeness (QED) is 0.871. The van der Waals surface area contributed by atoms with Crippen LogP contribution < -0.4 is 5.32 Å². The molecule has 0 radical (unpaired) electrons. The third-order valence-corrected chi connectivity index (χ3v) is 6.52. The monoisotopic (exact) mass is 351 g/mol. The lowest BCUT2D eigenvalue weighted by Crippen LogP contribution is -2.47. The number of urea groups is 1. The molecule has 0 unspecified atom stereocenters. The molecule has 2 heterocycles. The van der Waals surface area contributed by atoms with Crippen molar-refractivity contribution in [1.82, 2.24) is 14.8 Å². The second kappa shape index (κ2) is 6.64. The van der Waals surface area contributed by atoms with Gasteiger partial charge in [-0.25, -0.2) is 4.79 Å². The van der Waals surface area contributed by atoms with E-state index in [1.54, 1.807) is 0 Å². The van der Waals surface area contributed by atoms with Crippen molar-refractivity contribution in [2.45, 2.75) is 70.5 Å². The fourth-order valence-electron chi connectivity index (χ4n) is 4.85. The smallest absolute Gasteiger partial charge is 0.317 e. The topological polar surface area (TPSA) is 37.3 Å². The van der Waals surface area contributed by atoms with E-state index in [-0.39, 0.29) is 6.03 Å². The van der Waals surface area contributed by atoms with Gasteiger partial charge in [0, 0.05) is 54.3 Å². The van der Waals surface area contributed by atoms with Crippen LogP contribution in [0.4, 0.5) is 4.79 Å². The first-order valence-electron chi connectivity index (χ1n) is 10.4. The van der Waals surface area contributed by atoms with Crippen LogP contribution in [0.2, 0.25) is 0 Å². The second-order valence-electron chi connectivity index (χ2n) is 8.45. The van der Waals surface area contributed by atoms with Crippen molar-refractivity contribution in [1.29, 1.82) is 0 Å². The Morgan fingerprint density at radius 3 is 2.69 bits per heavy atom. The lowest BCUT2D eigenvalue weighted by atomic mass is 9.95. The van der Waals surface area contributed by atoms with E-state index in [1.807, 2.05) is 4.90 Å². The van der Waals surface area contributed by atoms with Crippen LogP contribution in [0, 0.1) is 5.92 Å². The Kier molecular flexibility index (Phi) is 4.14. The van der Waals surface area contributed by atoms with Gasteiger partial charge in [0.1, 0.15) is 0 Å². The van der Waals surface area contributed by atoms with Gasteiger partial charge < -0.3 is 14.8 Å². The summed E-state index contributed by atoms with van der Waals surface area (Å²) >= 11 is 0. The average molecular weight is 351 g/mol. The molecule has 2 aromatic rings. The van der Waals surface area contributed by atoms with Crippen LogP contribution in [0.25, 0.3) is 10.9 Å². The molecule has 1 aromatic heterocycles. The van der Waals surface area contributed by atoms with Crippen molar-refractivity contribution in [3.8, 4) is 0 Å².